The summed E-state index contributed by atoms with van der Waals surface area (Å²) in [4.78, 5) is 0. The zero-order valence-corrected chi connectivity index (χ0v) is 7.90. The summed E-state index contributed by atoms with van der Waals surface area (Å²) >= 11 is 0. The summed E-state index contributed by atoms with van der Waals surface area (Å²) in [6.07, 6.45) is 0.340. The molecule has 0 aliphatic heterocycles. The summed E-state index contributed by atoms with van der Waals surface area (Å²) < 4.78 is 43.2. The second kappa shape index (κ2) is 4.35. The van der Waals surface area contributed by atoms with Crippen molar-refractivity contribution in [3.8, 4) is 5.75 Å². The molecular formula is C10H10F3O. The van der Waals surface area contributed by atoms with Crippen LogP contribution in [0, 0.1) is 23.5 Å². The van der Waals surface area contributed by atoms with Crippen molar-refractivity contribution < 1.29 is 17.9 Å². The number of ether oxygens (including phenoxy) is 1. The molecule has 1 unspecified atom stereocenters. The van der Waals surface area contributed by atoms with Crippen LogP contribution in [-0.4, -0.2) is 6.10 Å². The van der Waals surface area contributed by atoms with Gasteiger partial charge in [-0.25, -0.2) is 8.78 Å². The van der Waals surface area contributed by atoms with Crippen LogP contribution >= 0.6 is 0 Å². The lowest BCUT2D eigenvalue weighted by Gasteiger charge is -2.13. The normalized spacial score (nSPS) is 12.6. The Morgan fingerprint density at radius 2 is 2.07 bits per heavy atom. The van der Waals surface area contributed by atoms with E-state index >= 15 is 0 Å². The van der Waals surface area contributed by atoms with Gasteiger partial charge in [-0.05, 0) is 13.3 Å². The molecule has 0 spiro atoms. The maximum atomic E-state index is 13.0. The van der Waals surface area contributed by atoms with Crippen molar-refractivity contribution >= 4 is 0 Å². The zero-order chi connectivity index (χ0) is 10.7. The summed E-state index contributed by atoms with van der Waals surface area (Å²) in [5.41, 5.74) is 0. The van der Waals surface area contributed by atoms with Crippen molar-refractivity contribution in [1.29, 1.82) is 0 Å². The Kier molecular flexibility index (Phi) is 3.38. The molecular weight excluding hydrogens is 193 g/mol. The molecule has 0 N–H and O–H groups in total. The lowest BCUT2D eigenvalue weighted by Crippen LogP contribution is -2.11. The molecule has 1 rings (SSSR count). The highest BCUT2D eigenvalue weighted by Gasteiger charge is 2.14. The Labute approximate surface area is 80.5 Å². The van der Waals surface area contributed by atoms with Crippen molar-refractivity contribution in [3.63, 3.8) is 0 Å². The summed E-state index contributed by atoms with van der Waals surface area (Å²) in [6.45, 7) is 3.51. The van der Waals surface area contributed by atoms with Crippen LogP contribution < -0.4 is 4.74 Å². The fourth-order valence-corrected chi connectivity index (χ4v) is 0.868. The Bertz CT molecular complexity index is 325. The molecule has 14 heavy (non-hydrogen) atoms. The molecule has 0 saturated heterocycles. The topological polar surface area (TPSA) is 9.23 Å². The Hall–Kier alpha value is -1.19. The average Bonchev–Trinajstić information content (AvgIpc) is 2.13. The third-order valence-corrected chi connectivity index (χ3v) is 1.80. The van der Waals surface area contributed by atoms with E-state index in [1.54, 1.807) is 13.0 Å². The molecule has 0 heterocycles. The zero-order valence-electron chi connectivity index (χ0n) is 7.90. The Morgan fingerprint density at radius 1 is 1.43 bits per heavy atom. The van der Waals surface area contributed by atoms with Crippen LogP contribution in [0.1, 0.15) is 20.3 Å². The Morgan fingerprint density at radius 3 is 2.64 bits per heavy atom. The third-order valence-electron chi connectivity index (χ3n) is 1.80. The van der Waals surface area contributed by atoms with Gasteiger partial charge in [0.25, 0.3) is 0 Å². The summed E-state index contributed by atoms with van der Waals surface area (Å²) in [5, 5.41) is 0. The molecule has 1 aromatic rings. The average molecular weight is 203 g/mol. The van der Waals surface area contributed by atoms with Gasteiger partial charge in [-0.1, -0.05) is 6.92 Å². The Balaban J connectivity index is 2.96. The van der Waals surface area contributed by atoms with Gasteiger partial charge in [0.1, 0.15) is 5.82 Å². The van der Waals surface area contributed by atoms with E-state index in [2.05, 4.69) is 0 Å². The van der Waals surface area contributed by atoms with Crippen LogP contribution in [0.15, 0.2) is 6.07 Å². The smallest absolute Gasteiger partial charge is 0.201 e. The van der Waals surface area contributed by atoms with Gasteiger partial charge in [-0.3, -0.25) is 0 Å². The minimum Gasteiger partial charge on any atom is -0.487 e. The fraction of sp³-hybridized carbons (Fsp3) is 0.400. The number of rotatable bonds is 3. The van der Waals surface area contributed by atoms with E-state index in [4.69, 9.17) is 4.74 Å². The quantitative estimate of drug-likeness (QED) is 0.686. The van der Waals surface area contributed by atoms with E-state index in [9.17, 15) is 13.2 Å². The monoisotopic (exact) mass is 203 g/mol. The van der Waals surface area contributed by atoms with Gasteiger partial charge in [0.15, 0.2) is 11.6 Å². The van der Waals surface area contributed by atoms with E-state index in [-0.39, 0.29) is 6.10 Å². The molecule has 0 saturated carbocycles. The van der Waals surface area contributed by atoms with E-state index in [0.29, 0.717) is 6.42 Å². The first-order valence-electron chi connectivity index (χ1n) is 4.28. The van der Waals surface area contributed by atoms with Crippen molar-refractivity contribution in [3.05, 3.63) is 29.6 Å². The standard InChI is InChI=1S/C10H10F3O/c1-3-6(2)14-9-5-7(11)4-8(12)10(9)13/h5-6H,3H2,1-2H3. The predicted octanol–water partition coefficient (Wildman–Crippen LogP) is 3.08. The second-order valence-corrected chi connectivity index (χ2v) is 2.95. The molecule has 1 aromatic carbocycles. The van der Waals surface area contributed by atoms with Gasteiger partial charge in [0.2, 0.25) is 5.82 Å². The van der Waals surface area contributed by atoms with E-state index in [1.807, 2.05) is 6.92 Å². The van der Waals surface area contributed by atoms with E-state index in [1.165, 1.54) is 0 Å². The number of halogens is 3. The van der Waals surface area contributed by atoms with Crippen LogP contribution in [0.5, 0.6) is 5.75 Å². The molecule has 1 nitrogen and oxygen atoms in total. The molecule has 0 amide bonds. The van der Waals surface area contributed by atoms with Crippen molar-refractivity contribution in [1.82, 2.24) is 0 Å². The fourth-order valence-electron chi connectivity index (χ4n) is 0.868. The second-order valence-electron chi connectivity index (χ2n) is 2.95. The maximum absolute atomic E-state index is 13.0. The molecule has 1 atom stereocenters. The highest BCUT2D eigenvalue weighted by molar-refractivity contribution is 5.25. The molecule has 77 valence electrons. The van der Waals surface area contributed by atoms with Gasteiger partial charge >= 0.3 is 0 Å². The number of benzene rings is 1. The van der Waals surface area contributed by atoms with Crippen LogP contribution in [0.4, 0.5) is 13.2 Å². The SMILES string of the molecule is CCC(C)Oc1cc(F)[c]c(F)c1F. The minimum atomic E-state index is -1.36. The first-order chi connectivity index (χ1) is 6.54. The molecule has 0 fully saturated rings. The van der Waals surface area contributed by atoms with Crippen LogP contribution in [0.2, 0.25) is 0 Å². The first-order valence-corrected chi connectivity index (χ1v) is 4.28. The summed E-state index contributed by atoms with van der Waals surface area (Å²) in [7, 11) is 0. The molecule has 0 aromatic heterocycles. The molecule has 4 heteroatoms. The van der Waals surface area contributed by atoms with E-state index < -0.39 is 23.2 Å². The largest absolute Gasteiger partial charge is 0.487 e. The number of hydrogen-bond acceptors (Lipinski definition) is 1. The van der Waals surface area contributed by atoms with Crippen molar-refractivity contribution in [2.75, 3.05) is 0 Å². The highest BCUT2D eigenvalue weighted by Crippen LogP contribution is 2.22. The molecule has 1 radical (unpaired) electrons. The lowest BCUT2D eigenvalue weighted by molar-refractivity contribution is 0.204. The maximum Gasteiger partial charge on any atom is 0.201 e. The number of hydrogen-bond donors (Lipinski definition) is 0. The summed E-state index contributed by atoms with van der Waals surface area (Å²) in [5.74, 6) is -3.94. The van der Waals surface area contributed by atoms with Gasteiger partial charge in [-0.2, -0.15) is 4.39 Å². The summed E-state index contributed by atoms with van der Waals surface area (Å²) in [6, 6.07) is 2.36. The predicted molar refractivity (Wildman–Crippen MR) is 45.5 cm³/mol. The minimum absolute atomic E-state index is 0.286. The van der Waals surface area contributed by atoms with Gasteiger partial charge < -0.3 is 4.74 Å². The van der Waals surface area contributed by atoms with Gasteiger partial charge in [0.05, 0.1) is 12.2 Å². The van der Waals surface area contributed by atoms with Gasteiger partial charge in [0, 0.05) is 6.07 Å². The lowest BCUT2D eigenvalue weighted by atomic mass is 10.3. The van der Waals surface area contributed by atoms with Crippen LogP contribution in [-0.2, 0) is 0 Å². The van der Waals surface area contributed by atoms with Crippen molar-refractivity contribution in [2.24, 2.45) is 0 Å². The molecule has 0 bridgehead atoms. The highest BCUT2D eigenvalue weighted by atomic mass is 19.2. The third kappa shape index (κ3) is 2.40. The van der Waals surface area contributed by atoms with Crippen LogP contribution in [0.3, 0.4) is 0 Å². The van der Waals surface area contributed by atoms with Crippen LogP contribution in [0.25, 0.3) is 0 Å². The van der Waals surface area contributed by atoms with E-state index in [0.717, 1.165) is 6.07 Å². The first kappa shape index (κ1) is 10.9. The molecule has 0 aliphatic rings. The van der Waals surface area contributed by atoms with Gasteiger partial charge in [-0.15, -0.1) is 0 Å². The van der Waals surface area contributed by atoms with Crippen molar-refractivity contribution in [2.45, 2.75) is 26.4 Å². The molecule has 0 aliphatic carbocycles.